The van der Waals surface area contributed by atoms with Gasteiger partial charge in [0.25, 0.3) is 5.56 Å². The molecule has 0 saturated heterocycles. The molecule has 0 radical (unpaired) electrons. The van der Waals surface area contributed by atoms with Crippen LogP contribution in [0.5, 0.6) is 0 Å². The standard InChI is InChI=1S/C20H20ClN3O2S/c1-3-13(2)22-18(25)12-27-20-23-17-7-5-4-6-16(17)19(26)24(20)15-10-8-14(21)9-11-15/h4-11,13H,3,12H2,1-2H3,(H,22,25)/t13-/m0/s1. The first-order chi connectivity index (χ1) is 13.0. The average molecular weight is 402 g/mol. The molecule has 0 saturated carbocycles. The number of nitrogens with one attached hydrogen (secondary N) is 1. The number of para-hydroxylation sites is 1. The second kappa shape index (κ2) is 8.59. The van der Waals surface area contributed by atoms with Crippen LogP contribution >= 0.6 is 23.4 Å². The van der Waals surface area contributed by atoms with Crippen molar-refractivity contribution < 1.29 is 4.79 Å². The highest BCUT2D eigenvalue weighted by molar-refractivity contribution is 7.99. The van der Waals surface area contributed by atoms with Gasteiger partial charge in [-0.2, -0.15) is 0 Å². The van der Waals surface area contributed by atoms with Crippen molar-refractivity contribution in [2.24, 2.45) is 0 Å². The summed E-state index contributed by atoms with van der Waals surface area (Å²) >= 11 is 7.22. The minimum absolute atomic E-state index is 0.0839. The van der Waals surface area contributed by atoms with Gasteiger partial charge in [0.05, 0.1) is 22.3 Å². The lowest BCUT2D eigenvalue weighted by Gasteiger charge is -2.14. The third kappa shape index (κ3) is 4.51. The predicted octanol–water partition coefficient (Wildman–Crippen LogP) is 4.05. The van der Waals surface area contributed by atoms with Crippen molar-refractivity contribution in [2.75, 3.05) is 5.75 Å². The van der Waals surface area contributed by atoms with Gasteiger partial charge in [-0.1, -0.05) is 42.4 Å². The number of aromatic nitrogens is 2. The van der Waals surface area contributed by atoms with E-state index in [9.17, 15) is 9.59 Å². The molecule has 1 atom stereocenters. The summed E-state index contributed by atoms with van der Waals surface area (Å²) in [5, 5.41) is 4.51. The summed E-state index contributed by atoms with van der Waals surface area (Å²) in [6.07, 6.45) is 0.861. The summed E-state index contributed by atoms with van der Waals surface area (Å²) < 4.78 is 1.53. The summed E-state index contributed by atoms with van der Waals surface area (Å²) in [7, 11) is 0. The normalized spacial score (nSPS) is 12.1. The number of benzene rings is 2. The zero-order valence-corrected chi connectivity index (χ0v) is 16.7. The Morgan fingerprint density at radius 3 is 2.63 bits per heavy atom. The van der Waals surface area contributed by atoms with Crippen molar-refractivity contribution >= 4 is 40.2 Å². The summed E-state index contributed by atoms with van der Waals surface area (Å²) in [4.78, 5) is 29.9. The summed E-state index contributed by atoms with van der Waals surface area (Å²) in [5.74, 6) is 0.0994. The summed E-state index contributed by atoms with van der Waals surface area (Å²) in [6, 6.07) is 14.3. The van der Waals surface area contributed by atoms with Gasteiger partial charge in [-0.15, -0.1) is 0 Å². The number of rotatable bonds is 6. The first kappa shape index (κ1) is 19.5. The Morgan fingerprint density at radius 2 is 1.93 bits per heavy atom. The third-order valence-corrected chi connectivity index (χ3v) is 5.37. The lowest BCUT2D eigenvalue weighted by atomic mass is 10.2. The van der Waals surface area contributed by atoms with Crippen LogP contribution in [0.1, 0.15) is 20.3 Å². The Hall–Kier alpha value is -2.31. The number of carbonyl (C=O) groups is 1. The Kier molecular flexibility index (Phi) is 6.19. The van der Waals surface area contributed by atoms with Gasteiger partial charge in [-0.25, -0.2) is 4.98 Å². The van der Waals surface area contributed by atoms with E-state index in [4.69, 9.17) is 11.6 Å². The molecule has 1 amide bonds. The third-order valence-electron chi connectivity index (χ3n) is 4.18. The topological polar surface area (TPSA) is 64.0 Å². The van der Waals surface area contributed by atoms with E-state index in [-0.39, 0.29) is 23.3 Å². The minimum Gasteiger partial charge on any atom is -0.353 e. The highest BCUT2D eigenvalue weighted by atomic mass is 35.5. The second-order valence-corrected chi connectivity index (χ2v) is 7.57. The van der Waals surface area contributed by atoms with Gasteiger partial charge in [-0.05, 0) is 49.7 Å². The minimum atomic E-state index is -0.173. The van der Waals surface area contributed by atoms with Crippen LogP contribution in [0.3, 0.4) is 0 Å². The molecule has 3 aromatic rings. The molecule has 0 aliphatic rings. The van der Waals surface area contributed by atoms with E-state index in [0.717, 1.165) is 6.42 Å². The molecule has 3 rings (SSSR count). The Balaban J connectivity index is 2.02. The lowest BCUT2D eigenvalue weighted by molar-refractivity contribution is -0.119. The van der Waals surface area contributed by atoms with E-state index in [1.165, 1.54) is 16.3 Å². The lowest BCUT2D eigenvalue weighted by Crippen LogP contribution is -2.33. The van der Waals surface area contributed by atoms with Gasteiger partial charge >= 0.3 is 0 Å². The molecule has 1 N–H and O–H groups in total. The van der Waals surface area contributed by atoms with E-state index in [1.807, 2.05) is 26.0 Å². The quantitative estimate of drug-likeness (QED) is 0.500. The molecule has 5 nitrogen and oxygen atoms in total. The molecule has 1 heterocycles. The molecular weight excluding hydrogens is 382 g/mol. The SMILES string of the molecule is CC[C@H](C)NC(=O)CSc1nc2ccccc2c(=O)n1-c1ccc(Cl)cc1. The monoisotopic (exact) mass is 401 g/mol. The van der Waals surface area contributed by atoms with Crippen molar-refractivity contribution in [3.63, 3.8) is 0 Å². The van der Waals surface area contributed by atoms with E-state index in [0.29, 0.717) is 26.8 Å². The molecular formula is C20H20ClN3O2S. The van der Waals surface area contributed by atoms with Crippen LogP contribution in [-0.4, -0.2) is 27.3 Å². The summed E-state index contributed by atoms with van der Waals surface area (Å²) in [6.45, 7) is 3.97. The molecule has 7 heteroatoms. The van der Waals surface area contributed by atoms with Gasteiger partial charge in [-0.3, -0.25) is 14.2 Å². The van der Waals surface area contributed by atoms with Gasteiger partial charge in [0.2, 0.25) is 5.91 Å². The molecule has 0 unspecified atom stereocenters. The molecule has 0 aliphatic heterocycles. The number of thioether (sulfide) groups is 1. The van der Waals surface area contributed by atoms with E-state index >= 15 is 0 Å². The van der Waals surface area contributed by atoms with Gasteiger partial charge in [0, 0.05) is 11.1 Å². The molecule has 0 fully saturated rings. The number of nitrogens with zero attached hydrogens (tertiary/aromatic N) is 2. The average Bonchev–Trinajstić information content (AvgIpc) is 2.67. The summed E-state index contributed by atoms with van der Waals surface area (Å²) in [5.41, 5.74) is 1.10. The van der Waals surface area contributed by atoms with Crippen LogP contribution < -0.4 is 10.9 Å². The highest BCUT2D eigenvalue weighted by Crippen LogP contribution is 2.22. The number of fused-ring (bicyclic) bond motifs is 1. The largest absolute Gasteiger partial charge is 0.353 e. The van der Waals surface area contributed by atoms with Crippen LogP contribution in [0.15, 0.2) is 58.5 Å². The van der Waals surface area contributed by atoms with Crippen molar-refractivity contribution in [1.29, 1.82) is 0 Å². The fourth-order valence-corrected chi connectivity index (χ4v) is 3.53. The molecule has 0 aliphatic carbocycles. The maximum Gasteiger partial charge on any atom is 0.266 e. The Bertz CT molecular complexity index is 1020. The van der Waals surface area contributed by atoms with Crippen LogP contribution in [0, 0.1) is 0 Å². The predicted molar refractivity (Wildman–Crippen MR) is 111 cm³/mol. The Labute approximate surface area is 166 Å². The van der Waals surface area contributed by atoms with Crippen LogP contribution in [-0.2, 0) is 4.79 Å². The smallest absolute Gasteiger partial charge is 0.266 e. The Morgan fingerprint density at radius 1 is 1.22 bits per heavy atom. The van der Waals surface area contributed by atoms with Crippen LogP contribution in [0.4, 0.5) is 0 Å². The highest BCUT2D eigenvalue weighted by Gasteiger charge is 2.15. The zero-order valence-electron chi connectivity index (χ0n) is 15.1. The molecule has 2 aromatic carbocycles. The number of amides is 1. The van der Waals surface area contributed by atoms with E-state index in [2.05, 4.69) is 10.3 Å². The molecule has 0 bridgehead atoms. The molecule has 27 heavy (non-hydrogen) atoms. The van der Waals surface area contributed by atoms with E-state index in [1.54, 1.807) is 36.4 Å². The van der Waals surface area contributed by atoms with Crippen molar-refractivity contribution in [3.05, 3.63) is 63.9 Å². The number of hydrogen-bond donors (Lipinski definition) is 1. The van der Waals surface area contributed by atoms with Crippen LogP contribution in [0.2, 0.25) is 5.02 Å². The molecule has 140 valence electrons. The van der Waals surface area contributed by atoms with Crippen molar-refractivity contribution in [1.82, 2.24) is 14.9 Å². The van der Waals surface area contributed by atoms with Crippen molar-refractivity contribution in [2.45, 2.75) is 31.5 Å². The first-order valence-electron chi connectivity index (χ1n) is 8.69. The fourth-order valence-electron chi connectivity index (χ4n) is 2.58. The van der Waals surface area contributed by atoms with E-state index < -0.39 is 0 Å². The number of carbonyl (C=O) groups excluding carboxylic acids is 1. The maximum atomic E-state index is 13.1. The fraction of sp³-hybridized carbons (Fsp3) is 0.250. The zero-order chi connectivity index (χ0) is 19.4. The van der Waals surface area contributed by atoms with Crippen LogP contribution in [0.25, 0.3) is 16.6 Å². The van der Waals surface area contributed by atoms with Gasteiger partial charge < -0.3 is 5.32 Å². The van der Waals surface area contributed by atoms with Crippen molar-refractivity contribution in [3.8, 4) is 5.69 Å². The molecule has 1 aromatic heterocycles. The second-order valence-electron chi connectivity index (χ2n) is 6.19. The number of hydrogen-bond acceptors (Lipinski definition) is 4. The van der Waals surface area contributed by atoms with Gasteiger partial charge in [0.15, 0.2) is 5.16 Å². The maximum absolute atomic E-state index is 13.1. The first-order valence-corrected chi connectivity index (χ1v) is 10.1. The molecule has 0 spiro atoms. The number of halogens is 1. The van der Waals surface area contributed by atoms with Gasteiger partial charge in [0.1, 0.15) is 0 Å².